The summed E-state index contributed by atoms with van der Waals surface area (Å²) in [6, 6.07) is 10.7. The highest BCUT2D eigenvalue weighted by Crippen LogP contribution is 2.17. The maximum atomic E-state index is 12.0. The highest BCUT2D eigenvalue weighted by atomic mass is 35.5. The van der Waals surface area contributed by atoms with Gasteiger partial charge in [0.05, 0.1) is 18.4 Å². The molecule has 0 radical (unpaired) electrons. The van der Waals surface area contributed by atoms with Gasteiger partial charge in [0.1, 0.15) is 0 Å². The molecule has 0 fully saturated rings. The smallest absolute Gasteiger partial charge is 0.293 e. The highest BCUT2D eigenvalue weighted by molar-refractivity contribution is 7.14. The number of thiazole rings is 1. The Morgan fingerprint density at radius 2 is 2.12 bits per heavy atom. The van der Waals surface area contributed by atoms with Crippen molar-refractivity contribution in [3.63, 3.8) is 0 Å². The molecule has 0 spiro atoms. The molecule has 0 saturated heterocycles. The van der Waals surface area contributed by atoms with Crippen molar-refractivity contribution in [1.29, 1.82) is 0 Å². The highest BCUT2D eigenvalue weighted by Gasteiger charge is 2.12. The maximum absolute atomic E-state index is 12.0. The molecule has 0 aliphatic heterocycles. The Morgan fingerprint density at radius 1 is 1.23 bits per heavy atom. The minimum atomic E-state index is -0.373. The number of nitrogens with zero attached hydrogens (tertiary/aromatic N) is 1. The summed E-state index contributed by atoms with van der Waals surface area (Å²) < 4.78 is 5.02. The number of anilines is 1. The van der Waals surface area contributed by atoms with Gasteiger partial charge in [0.25, 0.3) is 5.91 Å². The van der Waals surface area contributed by atoms with Crippen LogP contribution in [0.15, 0.2) is 52.5 Å². The molecule has 2 heterocycles. The summed E-state index contributed by atoms with van der Waals surface area (Å²) in [5.74, 6) is -0.288. The van der Waals surface area contributed by atoms with Crippen LogP contribution in [0.2, 0.25) is 5.02 Å². The van der Waals surface area contributed by atoms with Crippen molar-refractivity contribution in [3.8, 4) is 0 Å². The number of hydrogen-bond donors (Lipinski definition) is 2. The van der Waals surface area contributed by atoms with Crippen molar-refractivity contribution in [2.75, 3.05) is 11.9 Å². The number of rotatable bonds is 7. The summed E-state index contributed by atoms with van der Waals surface area (Å²) in [6.07, 6.45) is 2.28. The first-order valence-corrected chi connectivity index (χ1v) is 9.16. The zero-order valence-corrected chi connectivity index (χ0v) is 15.3. The van der Waals surface area contributed by atoms with E-state index in [9.17, 15) is 9.59 Å². The summed E-state index contributed by atoms with van der Waals surface area (Å²) in [5.41, 5.74) is 1.67. The fraction of sp³-hybridized carbons (Fsp3) is 0.167. The molecule has 3 aromatic rings. The van der Waals surface area contributed by atoms with Crippen LogP contribution in [-0.2, 0) is 17.6 Å². The molecule has 8 heteroatoms. The Morgan fingerprint density at radius 3 is 2.88 bits per heavy atom. The van der Waals surface area contributed by atoms with E-state index in [1.54, 1.807) is 17.5 Å². The van der Waals surface area contributed by atoms with Gasteiger partial charge in [-0.25, -0.2) is 4.98 Å². The Bertz CT molecular complexity index is 893. The summed E-state index contributed by atoms with van der Waals surface area (Å²) in [6.45, 7) is 0.519. The molecule has 6 nitrogen and oxygen atoms in total. The second-order valence-corrected chi connectivity index (χ2v) is 6.78. The molecule has 0 aliphatic carbocycles. The molecular weight excluding hydrogens is 374 g/mol. The molecule has 0 atom stereocenters. The first-order chi connectivity index (χ1) is 12.6. The van der Waals surface area contributed by atoms with Gasteiger partial charge in [0, 0.05) is 16.9 Å². The van der Waals surface area contributed by atoms with Gasteiger partial charge in [-0.15, -0.1) is 11.3 Å². The molecule has 0 unspecified atom stereocenters. The number of nitrogens with one attached hydrogen (secondary N) is 2. The van der Waals surface area contributed by atoms with Crippen molar-refractivity contribution < 1.29 is 14.0 Å². The van der Waals surface area contributed by atoms with E-state index in [1.165, 1.54) is 17.6 Å². The molecule has 134 valence electrons. The predicted octanol–water partition coefficient (Wildman–Crippen LogP) is 3.54. The second-order valence-electron chi connectivity index (χ2n) is 5.48. The topological polar surface area (TPSA) is 84.2 Å². The van der Waals surface area contributed by atoms with Crippen LogP contribution in [0.4, 0.5) is 5.13 Å². The summed E-state index contributed by atoms with van der Waals surface area (Å²) in [7, 11) is 0. The zero-order chi connectivity index (χ0) is 18.4. The van der Waals surface area contributed by atoms with Crippen LogP contribution in [0.5, 0.6) is 0 Å². The maximum Gasteiger partial charge on any atom is 0.293 e. The first-order valence-electron chi connectivity index (χ1n) is 7.90. The number of hydrogen-bond acceptors (Lipinski definition) is 5. The van der Waals surface area contributed by atoms with Gasteiger partial charge in [0.2, 0.25) is 5.91 Å². The Balaban J connectivity index is 1.44. The number of aromatic nitrogens is 1. The SMILES string of the molecule is O=C(Cc1csc(NC(=O)c2ccco2)n1)NCCc1cccc(Cl)c1. The molecular formula is C18H16ClN3O3S. The average Bonchev–Trinajstić information content (AvgIpc) is 3.27. The third kappa shape index (κ3) is 5.18. The number of halogens is 1. The van der Waals surface area contributed by atoms with Crippen molar-refractivity contribution in [1.82, 2.24) is 10.3 Å². The van der Waals surface area contributed by atoms with Crippen LogP contribution >= 0.6 is 22.9 Å². The lowest BCUT2D eigenvalue weighted by Crippen LogP contribution is -2.27. The van der Waals surface area contributed by atoms with E-state index in [0.29, 0.717) is 28.8 Å². The van der Waals surface area contributed by atoms with Crippen molar-refractivity contribution in [3.05, 3.63) is 70.1 Å². The normalized spacial score (nSPS) is 10.5. The first kappa shape index (κ1) is 18.2. The van der Waals surface area contributed by atoms with Gasteiger partial charge in [-0.05, 0) is 36.2 Å². The predicted molar refractivity (Wildman–Crippen MR) is 101 cm³/mol. The van der Waals surface area contributed by atoms with E-state index in [1.807, 2.05) is 24.3 Å². The largest absolute Gasteiger partial charge is 0.459 e. The van der Waals surface area contributed by atoms with E-state index in [4.69, 9.17) is 16.0 Å². The fourth-order valence-electron chi connectivity index (χ4n) is 2.28. The number of furan rings is 1. The van der Waals surface area contributed by atoms with E-state index in [2.05, 4.69) is 15.6 Å². The Hall–Kier alpha value is -2.64. The van der Waals surface area contributed by atoms with E-state index in [0.717, 1.165) is 5.56 Å². The lowest BCUT2D eigenvalue weighted by atomic mass is 10.1. The minimum Gasteiger partial charge on any atom is -0.459 e. The van der Waals surface area contributed by atoms with Crippen LogP contribution in [0.1, 0.15) is 21.8 Å². The third-order valence-corrected chi connectivity index (χ3v) is 4.53. The quantitative estimate of drug-likeness (QED) is 0.647. The Kier molecular flexibility index (Phi) is 6.04. The number of amides is 2. The van der Waals surface area contributed by atoms with Crippen molar-refractivity contribution in [2.24, 2.45) is 0 Å². The summed E-state index contributed by atoms with van der Waals surface area (Å²) in [5, 5.41) is 8.34. The van der Waals surface area contributed by atoms with Gasteiger partial charge in [0.15, 0.2) is 10.9 Å². The number of carbonyl (C=O) groups excluding carboxylic acids is 2. The molecule has 26 heavy (non-hydrogen) atoms. The number of carbonyl (C=O) groups is 2. The third-order valence-electron chi connectivity index (χ3n) is 3.48. The van der Waals surface area contributed by atoms with Gasteiger partial charge in [-0.3, -0.25) is 14.9 Å². The summed E-state index contributed by atoms with van der Waals surface area (Å²) in [4.78, 5) is 28.1. The molecule has 2 amide bonds. The fourth-order valence-corrected chi connectivity index (χ4v) is 3.20. The van der Waals surface area contributed by atoms with Crippen molar-refractivity contribution >= 4 is 39.9 Å². The molecule has 2 aromatic heterocycles. The van der Waals surface area contributed by atoms with Crippen molar-refractivity contribution in [2.45, 2.75) is 12.8 Å². The minimum absolute atomic E-state index is 0.124. The lowest BCUT2D eigenvalue weighted by Gasteiger charge is -2.04. The van der Waals surface area contributed by atoms with E-state index >= 15 is 0 Å². The Labute approximate surface area is 159 Å². The van der Waals surface area contributed by atoms with Crippen LogP contribution in [0, 0.1) is 0 Å². The molecule has 0 saturated carbocycles. The van der Waals surface area contributed by atoms with Gasteiger partial charge in [-0.2, -0.15) is 0 Å². The van der Waals surface area contributed by atoms with Gasteiger partial charge in [-0.1, -0.05) is 23.7 Å². The standard InChI is InChI=1S/C18H16ClN3O3S/c19-13-4-1-3-12(9-13)6-7-20-16(23)10-14-11-26-18(21-14)22-17(24)15-5-2-8-25-15/h1-5,8-9,11H,6-7,10H2,(H,20,23)(H,21,22,24). The van der Waals surface area contributed by atoms with Crippen LogP contribution < -0.4 is 10.6 Å². The summed E-state index contributed by atoms with van der Waals surface area (Å²) >= 11 is 7.19. The number of benzene rings is 1. The zero-order valence-electron chi connectivity index (χ0n) is 13.7. The van der Waals surface area contributed by atoms with Gasteiger partial charge < -0.3 is 9.73 Å². The monoisotopic (exact) mass is 389 g/mol. The average molecular weight is 390 g/mol. The molecule has 2 N–H and O–H groups in total. The van der Waals surface area contributed by atoms with Crippen LogP contribution in [0.25, 0.3) is 0 Å². The molecule has 1 aromatic carbocycles. The van der Waals surface area contributed by atoms with E-state index < -0.39 is 0 Å². The molecule has 0 bridgehead atoms. The van der Waals surface area contributed by atoms with Gasteiger partial charge >= 0.3 is 0 Å². The van der Waals surface area contributed by atoms with Crippen LogP contribution in [-0.4, -0.2) is 23.3 Å². The molecule has 0 aliphatic rings. The van der Waals surface area contributed by atoms with E-state index in [-0.39, 0.29) is 24.0 Å². The van der Waals surface area contributed by atoms with Crippen LogP contribution in [0.3, 0.4) is 0 Å². The second kappa shape index (κ2) is 8.64. The molecule has 3 rings (SSSR count). The lowest BCUT2D eigenvalue weighted by molar-refractivity contribution is -0.120.